The van der Waals surface area contributed by atoms with Gasteiger partial charge in [-0.1, -0.05) is 18.2 Å². The van der Waals surface area contributed by atoms with E-state index in [1.807, 2.05) is 31.3 Å². The zero-order chi connectivity index (χ0) is 15.2. The third-order valence-corrected chi connectivity index (χ3v) is 2.85. The number of nitrogens with zero attached hydrogens (tertiary/aromatic N) is 2. The zero-order valence-corrected chi connectivity index (χ0v) is 11.4. The molecule has 0 aliphatic heterocycles. The number of non-ortho nitro benzene ring substituents is 1. The Morgan fingerprint density at radius 2 is 2.05 bits per heavy atom. The van der Waals surface area contributed by atoms with Gasteiger partial charge in [-0.05, 0) is 19.2 Å². The SMILES string of the molecule is CNCc1ccccc1Oc1ccc([N+](=O)[O-])cc1C#N. The molecule has 0 aliphatic rings. The van der Waals surface area contributed by atoms with Crippen LogP contribution in [0.1, 0.15) is 11.1 Å². The van der Waals surface area contributed by atoms with E-state index in [1.54, 1.807) is 6.07 Å². The van der Waals surface area contributed by atoms with Crippen LogP contribution in [0.15, 0.2) is 42.5 Å². The second kappa shape index (κ2) is 6.50. The van der Waals surface area contributed by atoms with Crippen molar-refractivity contribution in [2.24, 2.45) is 0 Å². The van der Waals surface area contributed by atoms with Crippen molar-refractivity contribution in [2.75, 3.05) is 7.05 Å². The second-order valence-corrected chi connectivity index (χ2v) is 4.29. The van der Waals surface area contributed by atoms with E-state index in [0.717, 1.165) is 5.56 Å². The van der Waals surface area contributed by atoms with Crippen molar-refractivity contribution in [3.05, 3.63) is 63.7 Å². The van der Waals surface area contributed by atoms with Crippen molar-refractivity contribution < 1.29 is 9.66 Å². The number of nitrogens with one attached hydrogen (secondary N) is 1. The topological polar surface area (TPSA) is 88.2 Å². The van der Waals surface area contributed by atoms with E-state index < -0.39 is 4.92 Å². The molecule has 106 valence electrons. The molecule has 0 heterocycles. The largest absolute Gasteiger partial charge is 0.456 e. The Balaban J connectivity index is 2.36. The summed E-state index contributed by atoms with van der Waals surface area (Å²) in [5.74, 6) is 0.906. The van der Waals surface area contributed by atoms with Gasteiger partial charge in [0.15, 0.2) is 0 Å². The van der Waals surface area contributed by atoms with Crippen molar-refractivity contribution >= 4 is 5.69 Å². The summed E-state index contributed by atoms with van der Waals surface area (Å²) in [7, 11) is 1.82. The fourth-order valence-electron chi connectivity index (χ4n) is 1.87. The monoisotopic (exact) mass is 283 g/mol. The van der Waals surface area contributed by atoms with Crippen LogP contribution in [0.3, 0.4) is 0 Å². The molecule has 2 aromatic rings. The van der Waals surface area contributed by atoms with E-state index in [1.165, 1.54) is 18.2 Å². The van der Waals surface area contributed by atoms with E-state index in [4.69, 9.17) is 10.00 Å². The molecular weight excluding hydrogens is 270 g/mol. The second-order valence-electron chi connectivity index (χ2n) is 4.29. The van der Waals surface area contributed by atoms with Gasteiger partial charge in [0.05, 0.1) is 4.92 Å². The third-order valence-electron chi connectivity index (χ3n) is 2.85. The Labute approximate surface area is 121 Å². The van der Waals surface area contributed by atoms with E-state index in [-0.39, 0.29) is 11.3 Å². The van der Waals surface area contributed by atoms with Gasteiger partial charge in [0.25, 0.3) is 5.69 Å². The maximum absolute atomic E-state index is 10.7. The van der Waals surface area contributed by atoms with Crippen LogP contribution in [0.5, 0.6) is 11.5 Å². The molecule has 21 heavy (non-hydrogen) atoms. The number of ether oxygens (including phenoxy) is 1. The Morgan fingerprint density at radius 3 is 2.71 bits per heavy atom. The summed E-state index contributed by atoms with van der Waals surface area (Å²) in [4.78, 5) is 10.2. The van der Waals surface area contributed by atoms with Gasteiger partial charge in [-0.3, -0.25) is 10.1 Å². The third kappa shape index (κ3) is 3.35. The minimum Gasteiger partial charge on any atom is -0.456 e. The maximum Gasteiger partial charge on any atom is 0.271 e. The highest BCUT2D eigenvalue weighted by atomic mass is 16.6. The average Bonchev–Trinajstić information content (AvgIpc) is 2.49. The van der Waals surface area contributed by atoms with Crippen molar-refractivity contribution in [3.63, 3.8) is 0 Å². The summed E-state index contributed by atoms with van der Waals surface area (Å²) in [5, 5.41) is 22.9. The Hall–Kier alpha value is -2.91. The van der Waals surface area contributed by atoms with Crippen LogP contribution in [-0.2, 0) is 6.54 Å². The highest BCUT2D eigenvalue weighted by Crippen LogP contribution is 2.30. The van der Waals surface area contributed by atoms with Gasteiger partial charge in [0.2, 0.25) is 0 Å². The van der Waals surface area contributed by atoms with Crippen LogP contribution in [0.2, 0.25) is 0 Å². The van der Waals surface area contributed by atoms with Gasteiger partial charge < -0.3 is 10.1 Å². The predicted molar refractivity (Wildman–Crippen MR) is 77.1 cm³/mol. The Kier molecular flexibility index (Phi) is 4.49. The molecular formula is C15H13N3O3. The quantitative estimate of drug-likeness (QED) is 0.673. The molecule has 0 aromatic heterocycles. The molecule has 0 unspecified atom stereocenters. The molecule has 0 bridgehead atoms. The molecule has 2 rings (SSSR count). The number of para-hydroxylation sites is 1. The molecule has 6 nitrogen and oxygen atoms in total. The first-order valence-electron chi connectivity index (χ1n) is 6.24. The Bertz CT molecular complexity index is 708. The fraction of sp³-hybridized carbons (Fsp3) is 0.133. The Morgan fingerprint density at radius 1 is 1.29 bits per heavy atom. The lowest BCUT2D eigenvalue weighted by molar-refractivity contribution is -0.384. The van der Waals surface area contributed by atoms with Crippen LogP contribution < -0.4 is 10.1 Å². The minimum absolute atomic E-state index is 0.128. The molecule has 0 saturated heterocycles. The molecule has 2 aromatic carbocycles. The normalized spacial score (nSPS) is 9.90. The summed E-state index contributed by atoms with van der Waals surface area (Å²) >= 11 is 0. The highest BCUT2D eigenvalue weighted by molar-refractivity contribution is 5.52. The predicted octanol–water partition coefficient (Wildman–Crippen LogP) is 2.98. The number of rotatable bonds is 5. The number of hydrogen-bond acceptors (Lipinski definition) is 5. The molecule has 1 N–H and O–H groups in total. The number of nitro benzene ring substituents is 1. The molecule has 0 fully saturated rings. The number of nitriles is 1. The molecule has 0 atom stereocenters. The van der Waals surface area contributed by atoms with Crippen molar-refractivity contribution in [2.45, 2.75) is 6.54 Å². The van der Waals surface area contributed by atoms with Crippen LogP contribution in [0.4, 0.5) is 5.69 Å². The minimum atomic E-state index is -0.542. The van der Waals surface area contributed by atoms with Gasteiger partial charge in [-0.2, -0.15) is 5.26 Å². The molecule has 0 saturated carbocycles. The van der Waals surface area contributed by atoms with Crippen molar-refractivity contribution in [1.82, 2.24) is 5.32 Å². The highest BCUT2D eigenvalue weighted by Gasteiger charge is 2.13. The van der Waals surface area contributed by atoms with Gasteiger partial charge in [0, 0.05) is 24.2 Å². The lowest BCUT2D eigenvalue weighted by atomic mass is 10.1. The van der Waals surface area contributed by atoms with Crippen LogP contribution >= 0.6 is 0 Å². The molecule has 0 spiro atoms. The number of nitro groups is 1. The fourth-order valence-corrected chi connectivity index (χ4v) is 1.87. The van der Waals surface area contributed by atoms with E-state index in [0.29, 0.717) is 18.0 Å². The first-order valence-corrected chi connectivity index (χ1v) is 6.24. The van der Waals surface area contributed by atoms with Gasteiger partial charge in [-0.15, -0.1) is 0 Å². The molecule has 0 radical (unpaired) electrons. The summed E-state index contributed by atoms with van der Waals surface area (Å²) in [5.41, 5.74) is 0.924. The van der Waals surface area contributed by atoms with Gasteiger partial charge >= 0.3 is 0 Å². The standard InChI is InChI=1S/C15H13N3O3/c1-17-10-11-4-2-3-5-14(11)21-15-7-6-13(18(19)20)8-12(15)9-16/h2-8,17H,10H2,1H3. The summed E-state index contributed by atoms with van der Waals surface area (Å²) in [6.45, 7) is 0.616. The van der Waals surface area contributed by atoms with E-state index in [9.17, 15) is 10.1 Å². The summed E-state index contributed by atoms with van der Waals surface area (Å²) in [6.07, 6.45) is 0. The van der Waals surface area contributed by atoms with Crippen molar-refractivity contribution in [3.8, 4) is 17.6 Å². The van der Waals surface area contributed by atoms with Crippen LogP contribution in [0.25, 0.3) is 0 Å². The van der Waals surface area contributed by atoms with Gasteiger partial charge in [-0.25, -0.2) is 0 Å². The van der Waals surface area contributed by atoms with E-state index >= 15 is 0 Å². The molecule has 6 heteroatoms. The number of hydrogen-bond donors (Lipinski definition) is 1. The lowest BCUT2D eigenvalue weighted by Crippen LogP contribution is -2.06. The van der Waals surface area contributed by atoms with Crippen LogP contribution in [0, 0.1) is 21.4 Å². The number of benzene rings is 2. The summed E-state index contributed by atoms with van der Waals surface area (Å²) in [6, 6.07) is 13.3. The smallest absolute Gasteiger partial charge is 0.271 e. The average molecular weight is 283 g/mol. The lowest BCUT2D eigenvalue weighted by Gasteiger charge is -2.11. The van der Waals surface area contributed by atoms with Crippen LogP contribution in [-0.4, -0.2) is 12.0 Å². The van der Waals surface area contributed by atoms with E-state index in [2.05, 4.69) is 5.32 Å². The van der Waals surface area contributed by atoms with Crippen molar-refractivity contribution in [1.29, 1.82) is 5.26 Å². The molecule has 0 aliphatic carbocycles. The van der Waals surface area contributed by atoms with Gasteiger partial charge in [0.1, 0.15) is 23.1 Å². The first-order chi connectivity index (χ1) is 10.2. The zero-order valence-electron chi connectivity index (χ0n) is 11.4. The maximum atomic E-state index is 10.7. The first kappa shape index (κ1) is 14.5. The molecule has 0 amide bonds. The summed E-state index contributed by atoms with van der Waals surface area (Å²) < 4.78 is 5.73.